The van der Waals surface area contributed by atoms with Gasteiger partial charge in [-0.05, 0) is 60.9 Å². The summed E-state index contributed by atoms with van der Waals surface area (Å²) in [6.45, 7) is 4.92. The quantitative estimate of drug-likeness (QED) is 0.332. The number of ether oxygens (including phenoxy) is 1. The summed E-state index contributed by atoms with van der Waals surface area (Å²) in [6, 6.07) is 24.2. The molecule has 32 heavy (non-hydrogen) atoms. The lowest BCUT2D eigenvalue weighted by Crippen LogP contribution is -2.12. The maximum Gasteiger partial charge on any atom is 0.259 e. The van der Waals surface area contributed by atoms with Crippen molar-refractivity contribution in [2.45, 2.75) is 45.4 Å². The number of hydrogen-bond donors (Lipinski definition) is 1. The number of fused-ring (bicyclic) bond motifs is 1. The molecule has 0 saturated heterocycles. The highest BCUT2D eigenvalue weighted by Crippen LogP contribution is 2.31. The molecule has 1 N–H and O–H groups in total. The van der Waals surface area contributed by atoms with Gasteiger partial charge in [0.05, 0.1) is 23.1 Å². The van der Waals surface area contributed by atoms with E-state index in [4.69, 9.17) is 9.72 Å². The number of nitrogens with one attached hydrogen (secondary N) is 1. The number of aryl methyl sites for hydroxylation is 1. The second-order valence-electron chi connectivity index (χ2n) is 8.28. The van der Waals surface area contributed by atoms with E-state index in [1.54, 1.807) is 0 Å². The van der Waals surface area contributed by atoms with E-state index in [1.165, 1.54) is 5.56 Å². The van der Waals surface area contributed by atoms with E-state index < -0.39 is 0 Å². The lowest BCUT2D eigenvalue weighted by molar-refractivity contribution is 0.318. The molecule has 0 saturated carbocycles. The Hall–Kier alpha value is -3.40. The molecule has 0 aliphatic carbocycles. The molecule has 0 bridgehead atoms. The summed E-state index contributed by atoms with van der Waals surface area (Å²) in [4.78, 5) is 20.8. The number of aromatic nitrogens is 2. The molecule has 4 aromatic rings. The van der Waals surface area contributed by atoms with E-state index in [0.717, 1.165) is 48.1 Å². The molecule has 1 atom stereocenters. The van der Waals surface area contributed by atoms with E-state index in [9.17, 15) is 4.79 Å². The minimum atomic E-state index is -0.117. The first-order chi connectivity index (χ1) is 15.7. The zero-order chi connectivity index (χ0) is 22.3. The molecule has 0 amide bonds. The first kappa shape index (κ1) is 21.8. The van der Waals surface area contributed by atoms with E-state index in [2.05, 4.69) is 55.2 Å². The smallest absolute Gasteiger partial charge is 0.259 e. The van der Waals surface area contributed by atoms with Gasteiger partial charge in [0, 0.05) is 0 Å². The molecule has 1 heterocycles. The van der Waals surface area contributed by atoms with Crippen molar-refractivity contribution < 1.29 is 4.74 Å². The molecule has 0 radical (unpaired) electrons. The zero-order valence-electron chi connectivity index (χ0n) is 18.8. The van der Waals surface area contributed by atoms with Gasteiger partial charge in [-0.1, -0.05) is 68.4 Å². The minimum Gasteiger partial charge on any atom is -0.493 e. The second-order valence-corrected chi connectivity index (χ2v) is 8.28. The Morgan fingerprint density at radius 2 is 1.75 bits per heavy atom. The fraction of sp³-hybridized carbons (Fsp3) is 0.286. The highest BCUT2D eigenvalue weighted by atomic mass is 16.5. The Morgan fingerprint density at radius 1 is 0.969 bits per heavy atom. The Labute approximate surface area is 189 Å². The van der Waals surface area contributed by atoms with Crippen LogP contribution in [-0.4, -0.2) is 16.6 Å². The van der Waals surface area contributed by atoms with Crippen molar-refractivity contribution in [1.82, 2.24) is 9.97 Å². The first-order valence-electron chi connectivity index (χ1n) is 11.5. The van der Waals surface area contributed by atoms with Crippen molar-refractivity contribution in [2.75, 3.05) is 6.61 Å². The van der Waals surface area contributed by atoms with Crippen molar-refractivity contribution in [3.8, 4) is 17.1 Å². The van der Waals surface area contributed by atoms with Gasteiger partial charge in [0.25, 0.3) is 5.56 Å². The molecular formula is C28H30N2O2. The largest absolute Gasteiger partial charge is 0.493 e. The lowest BCUT2D eigenvalue weighted by Gasteiger charge is -2.15. The fourth-order valence-corrected chi connectivity index (χ4v) is 4.12. The summed E-state index contributed by atoms with van der Waals surface area (Å²) in [7, 11) is 0. The van der Waals surface area contributed by atoms with Crippen LogP contribution in [0.2, 0.25) is 0 Å². The van der Waals surface area contributed by atoms with E-state index in [1.807, 2.05) is 36.4 Å². The number of rotatable bonds is 9. The topological polar surface area (TPSA) is 55.0 Å². The second kappa shape index (κ2) is 10.3. The Morgan fingerprint density at radius 3 is 2.56 bits per heavy atom. The Balaban J connectivity index is 1.65. The van der Waals surface area contributed by atoms with Crippen molar-refractivity contribution >= 4 is 10.9 Å². The first-order valence-corrected chi connectivity index (χ1v) is 11.5. The summed E-state index contributed by atoms with van der Waals surface area (Å²) in [5.41, 5.74) is 3.96. The van der Waals surface area contributed by atoms with Gasteiger partial charge in [-0.25, -0.2) is 4.98 Å². The molecule has 1 unspecified atom stereocenters. The van der Waals surface area contributed by atoms with E-state index in [-0.39, 0.29) is 5.56 Å². The summed E-state index contributed by atoms with van der Waals surface area (Å²) >= 11 is 0. The third-order valence-electron chi connectivity index (χ3n) is 5.85. The van der Waals surface area contributed by atoms with Crippen molar-refractivity contribution in [3.63, 3.8) is 0 Å². The highest BCUT2D eigenvalue weighted by Gasteiger charge is 2.16. The van der Waals surface area contributed by atoms with Gasteiger partial charge in [0.2, 0.25) is 0 Å². The molecule has 0 fully saturated rings. The minimum absolute atomic E-state index is 0.117. The van der Waals surface area contributed by atoms with E-state index >= 15 is 0 Å². The number of hydrogen-bond acceptors (Lipinski definition) is 3. The monoisotopic (exact) mass is 426 g/mol. The molecule has 1 aromatic heterocycles. The lowest BCUT2D eigenvalue weighted by atomic mass is 9.92. The average molecular weight is 427 g/mol. The van der Waals surface area contributed by atoms with E-state index in [0.29, 0.717) is 23.7 Å². The normalized spacial score (nSPS) is 12.1. The van der Waals surface area contributed by atoms with Gasteiger partial charge in [0.1, 0.15) is 11.6 Å². The summed E-state index contributed by atoms with van der Waals surface area (Å²) in [5.74, 6) is 1.60. The van der Waals surface area contributed by atoms with Crippen molar-refractivity contribution in [1.29, 1.82) is 0 Å². The molecule has 4 rings (SSSR count). The third-order valence-corrected chi connectivity index (χ3v) is 5.85. The van der Waals surface area contributed by atoms with Gasteiger partial charge in [-0.3, -0.25) is 4.79 Å². The van der Waals surface area contributed by atoms with Crippen LogP contribution < -0.4 is 10.3 Å². The molecule has 164 valence electrons. The SMILES string of the molecule is CCCOc1ccccc1-c1nc2c(C(C)CCCc3ccccc3)cccc2c(=O)[nH]1. The summed E-state index contributed by atoms with van der Waals surface area (Å²) in [6.07, 6.45) is 4.09. The van der Waals surface area contributed by atoms with Crippen LogP contribution in [0.25, 0.3) is 22.3 Å². The van der Waals surface area contributed by atoms with Crippen LogP contribution in [0, 0.1) is 0 Å². The van der Waals surface area contributed by atoms with Gasteiger partial charge in [-0.2, -0.15) is 0 Å². The van der Waals surface area contributed by atoms with Crippen LogP contribution in [-0.2, 0) is 6.42 Å². The number of H-pyrrole nitrogens is 1. The molecule has 0 aliphatic heterocycles. The van der Waals surface area contributed by atoms with Gasteiger partial charge >= 0.3 is 0 Å². The van der Waals surface area contributed by atoms with Crippen LogP contribution in [0.4, 0.5) is 0 Å². The number of aromatic amines is 1. The summed E-state index contributed by atoms with van der Waals surface area (Å²) in [5, 5.41) is 0.633. The molecular weight excluding hydrogens is 396 g/mol. The zero-order valence-corrected chi connectivity index (χ0v) is 18.8. The average Bonchev–Trinajstić information content (AvgIpc) is 2.83. The Bertz CT molecular complexity index is 1230. The maximum absolute atomic E-state index is 12.9. The van der Waals surface area contributed by atoms with Crippen molar-refractivity contribution in [3.05, 3.63) is 94.3 Å². The highest BCUT2D eigenvalue weighted by molar-refractivity contribution is 5.83. The van der Waals surface area contributed by atoms with Gasteiger partial charge in [0.15, 0.2) is 0 Å². The molecule has 0 aliphatic rings. The number of para-hydroxylation sites is 2. The van der Waals surface area contributed by atoms with Crippen LogP contribution in [0.15, 0.2) is 77.6 Å². The van der Waals surface area contributed by atoms with Gasteiger partial charge in [-0.15, -0.1) is 0 Å². The Kier molecular flexibility index (Phi) is 7.00. The predicted octanol–water partition coefficient (Wildman–Crippen LogP) is 6.51. The fourth-order valence-electron chi connectivity index (χ4n) is 4.12. The molecule has 0 spiro atoms. The van der Waals surface area contributed by atoms with Crippen LogP contribution >= 0.6 is 0 Å². The van der Waals surface area contributed by atoms with Gasteiger partial charge < -0.3 is 9.72 Å². The number of benzene rings is 3. The molecule has 3 aromatic carbocycles. The standard InChI is InChI=1S/C28H30N2O2/c1-3-19-32-25-18-8-7-15-23(25)27-29-26-22(16-10-17-24(26)28(31)30-27)20(2)11-9-14-21-12-5-4-6-13-21/h4-8,10,12-13,15-18,20H,3,9,11,14,19H2,1-2H3,(H,29,30,31). The van der Waals surface area contributed by atoms with Crippen LogP contribution in [0.1, 0.15) is 50.2 Å². The number of nitrogens with zero attached hydrogens (tertiary/aromatic N) is 1. The van der Waals surface area contributed by atoms with Crippen molar-refractivity contribution in [2.24, 2.45) is 0 Å². The molecule has 4 heteroatoms. The maximum atomic E-state index is 12.9. The van der Waals surface area contributed by atoms with Crippen LogP contribution in [0.5, 0.6) is 5.75 Å². The summed E-state index contributed by atoms with van der Waals surface area (Å²) < 4.78 is 5.90. The van der Waals surface area contributed by atoms with Crippen LogP contribution in [0.3, 0.4) is 0 Å². The molecule has 4 nitrogen and oxygen atoms in total. The third kappa shape index (κ3) is 4.91. The predicted molar refractivity (Wildman–Crippen MR) is 131 cm³/mol.